The summed E-state index contributed by atoms with van der Waals surface area (Å²) < 4.78 is 24.3. The Morgan fingerprint density at radius 3 is 2.22 bits per heavy atom. The van der Waals surface area contributed by atoms with E-state index in [0.717, 1.165) is 18.6 Å². The van der Waals surface area contributed by atoms with E-state index in [1.807, 2.05) is 0 Å². The second-order valence-corrected chi connectivity index (χ2v) is 4.82. The van der Waals surface area contributed by atoms with Gasteiger partial charge in [-0.1, -0.05) is 30.3 Å². The van der Waals surface area contributed by atoms with Crippen LogP contribution in [0.15, 0.2) is 61.1 Å². The molecule has 116 valence electrons. The maximum Gasteiger partial charge on any atom is 0.395 e. The van der Waals surface area contributed by atoms with Gasteiger partial charge < -0.3 is 14.6 Å². The lowest BCUT2D eigenvalue weighted by atomic mass is 9.98. The third-order valence-electron chi connectivity index (χ3n) is 3.43. The Kier molecular flexibility index (Phi) is 3.57. The van der Waals surface area contributed by atoms with E-state index >= 15 is 0 Å². The quantitative estimate of drug-likeness (QED) is 0.879. The van der Waals surface area contributed by atoms with Crippen molar-refractivity contribution in [1.82, 2.24) is 0 Å². The molecule has 1 aliphatic rings. The van der Waals surface area contributed by atoms with Gasteiger partial charge in [0.25, 0.3) is 0 Å². The molecule has 0 amide bonds. The molecular formula is C17H11FO5. The minimum atomic E-state index is -2.13. The predicted octanol–water partition coefficient (Wildman–Crippen LogP) is 2.81. The minimum Gasteiger partial charge on any atom is -0.475 e. The van der Waals surface area contributed by atoms with Crippen LogP contribution in [0.25, 0.3) is 0 Å². The summed E-state index contributed by atoms with van der Waals surface area (Å²) in [7, 11) is 0. The summed E-state index contributed by atoms with van der Waals surface area (Å²) in [6.07, 6.45) is 2.13. The first-order chi connectivity index (χ1) is 11.0. The number of benzene rings is 2. The standard InChI is InChI=1S/C17H11FO5/c18-14-10-12(17(16(20)21)22-8-9-23-17)6-7-13(14)15(19)11-4-2-1-3-5-11/h1-10H,(H,20,21). The fourth-order valence-corrected chi connectivity index (χ4v) is 2.28. The van der Waals surface area contributed by atoms with Crippen LogP contribution in [0.4, 0.5) is 4.39 Å². The molecule has 23 heavy (non-hydrogen) atoms. The zero-order valence-electron chi connectivity index (χ0n) is 11.7. The molecule has 0 atom stereocenters. The van der Waals surface area contributed by atoms with E-state index in [1.165, 1.54) is 12.1 Å². The molecule has 2 aromatic rings. The van der Waals surface area contributed by atoms with Gasteiger partial charge in [0.2, 0.25) is 0 Å². The molecule has 1 heterocycles. The van der Waals surface area contributed by atoms with Crippen molar-refractivity contribution in [2.45, 2.75) is 5.79 Å². The number of carbonyl (C=O) groups is 2. The number of rotatable bonds is 4. The molecular weight excluding hydrogens is 303 g/mol. The number of aliphatic carboxylic acids is 1. The molecule has 1 aliphatic heterocycles. The first-order valence-electron chi connectivity index (χ1n) is 6.68. The molecule has 6 heteroatoms. The topological polar surface area (TPSA) is 72.8 Å². The molecule has 0 aromatic heterocycles. The highest BCUT2D eigenvalue weighted by atomic mass is 19.1. The van der Waals surface area contributed by atoms with Gasteiger partial charge >= 0.3 is 11.8 Å². The second kappa shape index (κ2) is 5.57. The van der Waals surface area contributed by atoms with E-state index < -0.39 is 23.4 Å². The lowest BCUT2D eigenvalue weighted by molar-refractivity contribution is -0.199. The average Bonchev–Trinajstić information content (AvgIpc) is 3.06. The fraction of sp³-hybridized carbons (Fsp3) is 0.0588. The lowest BCUT2D eigenvalue weighted by Crippen LogP contribution is -2.36. The summed E-state index contributed by atoms with van der Waals surface area (Å²) in [5, 5.41) is 9.29. The first kappa shape index (κ1) is 14.8. The third-order valence-corrected chi connectivity index (χ3v) is 3.43. The Morgan fingerprint density at radius 1 is 1.00 bits per heavy atom. The Bertz CT molecular complexity index is 790. The third kappa shape index (κ3) is 2.44. The van der Waals surface area contributed by atoms with E-state index in [-0.39, 0.29) is 11.1 Å². The van der Waals surface area contributed by atoms with Crippen molar-refractivity contribution in [3.63, 3.8) is 0 Å². The molecule has 0 aliphatic carbocycles. The molecule has 0 unspecified atom stereocenters. The van der Waals surface area contributed by atoms with Crippen molar-refractivity contribution in [1.29, 1.82) is 0 Å². The second-order valence-electron chi connectivity index (χ2n) is 4.82. The summed E-state index contributed by atoms with van der Waals surface area (Å²) in [5.74, 6) is -4.90. The predicted molar refractivity (Wildman–Crippen MR) is 76.9 cm³/mol. The molecule has 5 nitrogen and oxygen atoms in total. The monoisotopic (exact) mass is 314 g/mol. The largest absolute Gasteiger partial charge is 0.475 e. The number of carbonyl (C=O) groups excluding carboxylic acids is 1. The Morgan fingerprint density at radius 2 is 1.65 bits per heavy atom. The first-order valence-corrected chi connectivity index (χ1v) is 6.68. The van der Waals surface area contributed by atoms with Gasteiger partial charge in [0.05, 0.1) is 11.1 Å². The smallest absolute Gasteiger partial charge is 0.395 e. The molecule has 1 N–H and O–H groups in total. The molecule has 2 aromatic carbocycles. The summed E-state index contributed by atoms with van der Waals surface area (Å²) in [4.78, 5) is 23.7. The van der Waals surface area contributed by atoms with E-state index in [0.29, 0.717) is 5.56 Å². The number of carboxylic acid groups (broad SMARTS) is 1. The Labute approximate surface area is 130 Å². The molecule has 0 bridgehead atoms. The van der Waals surface area contributed by atoms with Gasteiger partial charge in [0.15, 0.2) is 5.78 Å². The Hall–Kier alpha value is -3.15. The molecule has 0 saturated carbocycles. The Balaban J connectivity index is 1.99. The van der Waals surface area contributed by atoms with Crippen molar-refractivity contribution >= 4 is 11.8 Å². The van der Waals surface area contributed by atoms with Crippen LogP contribution in [-0.2, 0) is 20.1 Å². The van der Waals surface area contributed by atoms with E-state index in [1.54, 1.807) is 30.3 Å². The highest BCUT2D eigenvalue weighted by molar-refractivity contribution is 6.09. The van der Waals surface area contributed by atoms with Crippen LogP contribution in [0.5, 0.6) is 0 Å². The van der Waals surface area contributed by atoms with Crippen LogP contribution in [0, 0.1) is 5.82 Å². The van der Waals surface area contributed by atoms with Gasteiger partial charge in [-0.3, -0.25) is 4.79 Å². The van der Waals surface area contributed by atoms with Crippen molar-refractivity contribution in [2.24, 2.45) is 0 Å². The molecule has 0 saturated heterocycles. The SMILES string of the molecule is O=C(c1ccccc1)c1ccc(C2(C(=O)O)OC=CO2)cc1F. The zero-order valence-corrected chi connectivity index (χ0v) is 11.7. The van der Waals surface area contributed by atoms with Gasteiger partial charge in [-0.2, -0.15) is 0 Å². The summed E-state index contributed by atoms with van der Waals surface area (Å²) >= 11 is 0. The fourth-order valence-electron chi connectivity index (χ4n) is 2.28. The number of hydrogen-bond acceptors (Lipinski definition) is 4. The summed E-state index contributed by atoms with van der Waals surface area (Å²) in [6.45, 7) is 0. The van der Waals surface area contributed by atoms with Crippen molar-refractivity contribution < 1.29 is 28.6 Å². The summed E-state index contributed by atoms with van der Waals surface area (Å²) in [5.41, 5.74) is 0.116. The molecule has 3 rings (SSSR count). The highest BCUT2D eigenvalue weighted by Gasteiger charge is 2.47. The molecule has 0 radical (unpaired) electrons. The van der Waals surface area contributed by atoms with Gasteiger partial charge in [0.1, 0.15) is 18.3 Å². The average molecular weight is 314 g/mol. The van der Waals surface area contributed by atoms with Gasteiger partial charge in [0, 0.05) is 5.56 Å². The normalized spacial score (nSPS) is 14.8. The van der Waals surface area contributed by atoms with Crippen molar-refractivity contribution in [3.05, 3.63) is 83.6 Å². The van der Waals surface area contributed by atoms with Crippen molar-refractivity contribution in [3.8, 4) is 0 Å². The van der Waals surface area contributed by atoms with Gasteiger partial charge in [-0.15, -0.1) is 0 Å². The highest BCUT2D eigenvalue weighted by Crippen LogP contribution is 2.33. The van der Waals surface area contributed by atoms with Crippen LogP contribution in [-0.4, -0.2) is 16.9 Å². The van der Waals surface area contributed by atoms with Crippen molar-refractivity contribution in [2.75, 3.05) is 0 Å². The van der Waals surface area contributed by atoms with Crippen LogP contribution in [0.1, 0.15) is 21.5 Å². The number of ketones is 1. The summed E-state index contributed by atoms with van der Waals surface area (Å²) in [6, 6.07) is 11.7. The minimum absolute atomic E-state index is 0.0582. The molecule has 0 fully saturated rings. The number of ether oxygens (including phenoxy) is 2. The lowest BCUT2D eigenvalue weighted by Gasteiger charge is -2.23. The van der Waals surface area contributed by atoms with Gasteiger partial charge in [-0.25, -0.2) is 9.18 Å². The van der Waals surface area contributed by atoms with E-state index in [4.69, 9.17) is 9.47 Å². The van der Waals surface area contributed by atoms with Crippen LogP contribution in [0.3, 0.4) is 0 Å². The van der Waals surface area contributed by atoms with Crippen LogP contribution < -0.4 is 0 Å². The number of hydrogen-bond donors (Lipinski definition) is 1. The van der Waals surface area contributed by atoms with E-state index in [2.05, 4.69) is 0 Å². The van der Waals surface area contributed by atoms with E-state index in [9.17, 15) is 19.1 Å². The number of halogens is 1. The zero-order chi connectivity index (χ0) is 16.4. The van der Waals surface area contributed by atoms with Crippen LogP contribution in [0.2, 0.25) is 0 Å². The number of carboxylic acids is 1. The maximum absolute atomic E-state index is 14.3. The maximum atomic E-state index is 14.3. The van der Waals surface area contributed by atoms with Crippen LogP contribution >= 0.6 is 0 Å². The van der Waals surface area contributed by atoms with Gasteiger partial charge in [-0.05, 0) is 18.2 Å². The molecule has 0 spiro atoms.